The van der Waals surface area contributed by atoms with Crippen molar-refractivity contribution in [1.29, 1.82) is 0 Å². The standard InChI is InChI=1S/C19H11Br2N5O6/c20-12-8-10(25(29)30)4-6-14(12)23-18(27)16-2-1-3-17(22-16)19(28)24-15-7-5-11(26(31)32)9-13(15)21/h1-9H,(H,23,27)(H,24,28). The van der Waals surface area contributed by atoms with Gasteiger partial charge < -0.3 is 10.6 Å². The quantitative estimate of drug-likeness (QED) is 0.317. The van der Waals surface area contributed by atoms with Gasteiger partial charge >= 0.3 is 0 Å². The van der Waals surface area contributed by atoms with Crippen LogP contribution in [0, 0.1) is 20.2 Å². The van der Waals surface area contributed by atoms with Gasteiger partial charge in [-0.05, 0) is 56.1 Å². The van der Waals surface area contributed by atoms with E-state index < -0.39 is 21.7 Å². The van der Waals surface area contributed by atoms with Crippen molar-refractivity contribution in [2.45, 2.75) is 0 Å². The number of nitrogens with zero attached hydrogens (tertiary/aromatic N) is 3. The van der Waals surface area contributed by atoms with Crippen LogP contribution in [0.5, 0.6) is 0 Å². The maximum Gasteiger partial charge on any atom is 0.274 e. The number of hydrogen-bond acceptors (Lipinski definition) is 7. The number of carbonyl (C=O) groups is 2. The van der Waals surface area contributed by atoms with E-state index in [1.165, 1.54) is 54.6 Å². The van der Waals surface area contributed by atoms with Gasteiger partial charge in [0.25, 0.3) is 23.2 Å². The van der Waals surface area contributed by atoms with E-state index in [4.69, 9.17) is 0 Å². The Labute approximate surface area is 196 Å². The topological polar surface area (TPSA) is 157 Å². The predicted molar refractivity (Wildman–Crippen MR) is 122 cm³/mol. The van der Waals surface area contributed by atoms with Gasteiger partial charge in [-0.25, -0.2) is 4.98 Å². The predicted octanol–water partition coefficient (Wildman–Crippen LogP) is 4.93. The lowest BCUT2D eigenvalue weighted by molar-refractivity contribution is -0.385. The number of hydrogen-bond donors (Lipinski definition) is 2. The second kappa shape index (κ2) is 9.62. The maximum absolute atomic E-state index is 12.5. The fourth-order valence-corrected chi connectivity index (χ4v) is 3.43. The molecule has 162 valence electrons. The van der Waals surface area contributed by atoms with Crippen LogP contribution in [-0.4, -0.2) is 26.6 Å². The van der Waals surface area contributed by atoms with Crippen molar-refractivity contribution in [1.82, 2.24) is 4.98 Å². The molecule has 2 amide bonds. The van der Waals surface area contributed by atoms with E-state index in [1.54, 1.807) is 0 Å². The van der Waals surface area contributed by atoms with Gasteiger partial charge in [-0.1, -0.05) is 6.07 Å². The molecule has 0 saturated carbocycles. The Hall–Kier alpha value is -3.71. The molecule has 0 atom stereocenters. The van der Waals surface area contributed by atoms with E-state index in [2.05, 4.69) is 47.5 Å². The number of aromatic nitrogens is 1. The van der Waals surface area contributed by atoms with Gasteiger partial charge in [-0.2, -0.15) is 0 Å². The van der Waals surface area contributed by atoms with Gasteiger partial charge in [0.15, 0.2) is 0 Å². The highest BCUT2D eigenvalue weighted by Gasteiger charge is 2.17. The third kappa shape index (κ3) is 5.31. The van der Waals surface area contributed by atoms with Gasteiger partial charge in [0.05, 0.1) is 21.2 Å². The molecule has 13 heteroatoms. The van der Waals surface area contributed by atoms with Gasteiger partial charge in [-0.3, -0.25) is 29.8 Å². The first-order chi connectivity index (χ1) is 15.2. The van der Waals surface area contributed by atoms with E-state index in [-0.39, 0.29) is 34.1 Å². The van der Waals surface area contributed by atoms with Crippen LogP contribution >= 0.6 is 31.9 Å². The molecule has 0 fully saturated rings. The smallest absolute Gasteiger partial charge is 0.274 e. The molecule has 32 heavy (non-hydrogen) atoms. The number of pyridine rings is 1. The number of rotatable bonds is 6. The Bertz CT molecular complexity index is 1170. The zero-order valence-electron chi connectivity index (χ0n) is 15.7. The Morgan fingerprint density at radius 2 is 1.16 bits per heavy atom. The molecular formula is C19H11Br2N5O6. The zero-order valence-corrected chi connectivity index (χ0v) is 18.9. The molecule has 0 bridgehead atoms. The average molecular weight is 565 g/mol. The summed E-state index contributed by atoms with van der Waals surface area (Å²) in [4.78, 5) is 49.6. The molecule has 0 aliphatic heterocycles. The molecule has 3 aromatic rings. The first-order valence-electron chi connectivity index (χ1n) is 8.63. The lowest BCUT2D eigenvalue weighted by atomic mass is 10.2. The molecule has 2 N–H and O–H groups in total. The molecule has 0 aliphatic rings. The van der Waals surface area contributed by atoms with E-state index in [0.29, 0.717) is 8.95 Å². The summed E-state index contributed by atoms with van der Waals surface area (Å²) < 4.78 is 0.605. The monoisotopic (exact) mass is 563 g/mol. The molecule has 0 radical (unpaired) electrons. The van der Waals surface area contributed by atoms with Crippen LogP contribution in [0.1, 0.15) is 21.0 Å². The molecular weight excluding hydrogens is 554 g/mol. The molecule has 1 heterocycles. The number of nitro benzene ring substituents is 2. The van der Waals surface area contributed by atoms with Crippen molar-refractivity contribution < 1.29 is 19.4 Å². The number of nitro groups is 2. The minimum absolute atomic E-state index is 0.0642. The first kappa shape index (κ1) is 23.0. The summed E-state index contributed by atoms with van der Waals surface area (Å²) in [6.07, 6.45) is 0. The van der Waals surface area contributed by atoms with E-state index >= 15 is 0 Å². The molecule has 0 saturated heterocycles. The summed E-state index contributed by atoms with van der Waals surface area (Å²) in [5.74, 6) is -1.27. The first-order valence-corrected chi connectivity index (χ1v) is 10.2. The van der Waals surface area contributed by atoms with Crippen LogP contribution in [-0.2, 0) is 0 Å². The van der Waals surface area contributed by atoms with Crippen molar-refractivity contribution in [3.8, 4) is 0 Å². The number of nitrogens with one attached hydrogen (secondary N) is 2. The number of carbonyl (C=O) groups excluding carboxylic acids is 2. The fourth-order valence-electron chi connectivity index (χ4n) is 2.50. The summed E-state index contributed by atoms with van der Waals surface area (Å²) in [5, 5.41) is 26.8. The van der Waals surface area contributed by atoms with E-state index in [9.17, 15) is 29.8 Å². The van der Waals surface area contributed by atoms with E-state index in [1.807, 2.05) is 0 Å². The lowest BCUT2D eigenvalue weighted by Crippen LogP contribution is -2.18. The summed E-state index contributed by atoms with van der Waals surface area (Å²) in [6, 6.07) is 11.9. The van der Waals surface area contributed by atoms with Gasteiger partial charge in [0, 0.05) is 33.2 Å². The lowest BCUT2D eigenvalue weighted by Gasteiger charge is -2.09. The summed E-state index contributed by atoms with van der Waals surface area (Å²) >= 11 is 6.32. The second-order valence-corrected chi connectivity index (χ2v) is 7.87. The highest BCUT2D eigenvalue weighted by molar-refractivity contribution is 9.11. The van der Waals surface area contributed by atoms with Crippen molar-refractivity contribution in [2.75, 3.05) is 10.6 Å². The second-order valence-electron chi connectivity index (χ2n) is 6.16. The molecule has 11 nitrogen and oxygen atoms in total. The van der Waals surface area contributed by atoms with Gasteiger partial charge in [0.1, 0.15) is 11.4 Å². The van der Waals surface area contributed by atoms with Crippen LogP contribution in [0.4, 0.5) is 22.7 Å². The largest absolute Gasteiger partial charge is 0.320 e. The molecule has 3 rings (SSSR count). The van der Waals surface area contributed by atoms with E-state index in [0.717, 1.165) is 0 Å². The van der Waals surface area contributed by atoms with Gasteiger partial charge in [0.2, 0.25) is 0 Å². The molecule has 0 spiro atoms. The molecule has 1 aromatic heterocycles. The number of amides is 2. The van der Waals surface area contributed by atoms with Crippen molar-refractivity contribution in [2.24, 2.45) is 0 Å². The van der Waals surface area contributed by atoms with Crippen LogP contribution < -0.4 is 10.6 Å². The SMILES string of the molecule is O=C(Nc1ccc([N+](=O)[O-])cc1Br)c1cccc(C(=O)Nc2ccc([N+](=O)[O-])cc2Br)n1. The van der Waals surface area contributed by atoms with Crippen LogP contribution in [0.2, 0.25) is 0 Å². The highest BCUT2D eigenvalue weighted by atomic mass is 79.9. The summed E-state index contributed by atoms with van der Waals surface area (Å²) in [6.45, 7) is 0. The maximum atomic E-state index is 12.5. The Morgan fingerprint density at radius 3 is 1.50 bits per heavy atom. The average Bonchev–Trinajstić information content (AvgIpc) is 2.76. The van der Waals surface area contributed by atoms with Crippen molar-refractivity contribution in [3.05, 3.63) is 95.2 Å². The highest BCUT2D eigenvalue weighted by Crippen LogP contribution is 2.28. The molecule has 0 aliphatic carbocycles. The van der Waals surface area contributed by atoms with Crippen molar-refractivity contribution in [3.63, 3.8) is 0 Å². The fraction of sp³-hybridized carbons (Fsp3) is 0. The van der Waals surface area contributed by atoms with Crippen molar-refractivity contribution >= 4 is 66.4 Å². The normalized spacial score (nSPS) is 10.3. The van der Waals surface area contributed by atoms with Crippen LogP contribution in [0.3, 0.4) is 0 Å². The summed E-state index contributed by atoms with van der Waals surface area (Å²) in [7, 11) is 0. The number of halogens is 2. The Morgan fingerprint density at radius 1 is 0.750 bits per heavy atom. The minimum atomic E-state index is -0.634. The third-order valence-electron chi connectivity index (χ3n) is 4.04. The Balaban J connectivity index is 1.76. The Kier molecular flexibility index (Phi) is 6.90. The minimum Gasteiger partial charge on any atom is -0.320 e. The van der Waals surface area contributed by atoms with Crippen LogP contribution in [0.15, 0.2) is 63.5 Å². The third-order valence-corrected chi connectivity index (χ3v) is 5.35. The van der Waals surface area contributed by atoms with Gasteiger partial charge in [-0.15, -0.1) is 0 Å². The number of anilines is 2. The summed E-state index contributed by atoms with van der Waals surface area (Å²) in [5.41, 5.74) is 0.142. The van der Waals surface area contributed by atoms with Crippen LogP contribution in [0.25, 0.3) is 0 Å². The number of non-ortho nitro benzene ring substituents is 2. The number of benzene rings is 2. The molecule has 2 aromatic carbocycles. The molecule has 0 unspecified atom stereocenters. The zero-order chi connectivity index (χ0) is 23.4.